The topological polar surface area (TPSA) is 73.6 Å². The molecular formula is C17H12O5. The third-order valence-electron chi connectivity index (χ3n) is 3.31. The zero-order valence-electron chi connectivity index (χ0n) is 11.8. The van der Waals surface area contributed by atoms with Gasteiger partial charge in [-0.2, -0.15) is 0 Å². The molecular weight excluding hydrogens is 284 g/mol. The lowest BCUT2D eigenvalue weighted by Crippen LogP contribution is -2.19. The van der Waals surface area contributed by atoms with Crippen LogP contribution < -0.4 is 5.63 Å². The highest BCUT2D eigenvalue weighted by Gasteiger charge is 2.15. The molecule has 22 heavy (non-hydrogen) atoms. The number of Topliss-reactive ketones (excluding diaryl/α,β-unsaturated/α-hetero) is 1. The molecule has 0 radical (unpaired) electrons. The molecule has 0 aliphatic carbocycles. The summed E-state index contributed by atoms with van der Waals surface area (Å²) in [7, 11) is 0. The fourth-order valence-corrected chi connectivity index (χ4v) is 2.25. The highest BCUT2D eigenvalue weighted by Crippen LogP contribution is 2.22. The first-order chi connectivity index (χ1) is 10.5. The van der Waals surface area contributed by atoms with Crippen molar-refractivity contribution in [3.05, 3.63) is 58.4 Å². The Bertz CT molecular complexity index is 952. The Morgan fingerprint density at radius 3 is 2.41 bits per heavy atom. The van der Waals surface area contributed by atoms with Crippen molar-refractivity contribution in [1.82, 2.24) is 0 Å². The smallest absolute Gasteiger partial charge is 0.347 e. The molecule has 0 aliphatic heterocycles. The summed E-state index contributed by atoms with van der Waals surface area (Å²) in [5.41, 5.74) is -0.447. The van der Waals surface area contributed by atoms with Crippen LogP contribution in [0.15, 0.2) is 51.7 Å². The first kappa shape index (κ1) is 14.0. The molecule has 110 valence electrons. The summed E-state index contributed by atoms with van der Waals surface area (Å²) in [5, 5.41) is 2.56. The maximum Gasteiger partial charge on any atom is 0.347 e. The van der Waals surface area contributed by atoms with Crippen molar-refractivity contribution in [2.24, 2.45) is 0 Å². The van der Waals surface area contributed by atoms with Gasteiger partial charge in [-0.25, -0.2) is 4.79 Å². The lowest BCUT2D eigenvalue weighted by molar-refractivity contribution is -0.139. The fourth-order valence-electron chi connectivity index (χ4n) is 2.25. The number of carbonyl (C=O) groups is 2. The molecule has 0 spiro atoms. The van der Waals surface area contributed by atoms with Gasteiger partial charge in [0.25, 0.3) is 0 Å². The second-order valence-electron chi connectivity index (χ2n) is 4.89. The van der Waals surface area contributed by atoms with Gasteiger partial charge in [-0.1, -0.05) is 24.3 Å². The molecule has 0 aliphatic rings. The predicted molar refractivity (Wildman–Crippen MR) is 81.0 cm³/mol. The van der Waals surface area contributed by atoms with E-state index in [4.69, 9.17) is 4.42 Å². The number of ketones is 1. The van der Waals surface area contributed by atoms with Gasteiger partial charge in [0.1, 0.15) is 11.1 Å². The van der Waals surface area contributed by atoms with Crippen molar-refractivity contribution in [2.75, 3.05) is 6.61 Å². The molecule has 0 fully saturated rings. The van der Waals surface area contributed by atoms with E-state index in [1.165, 1.54) is 13.0 Å². The first-order valence-corrected chi connectivity index (χ1v) is 6.68. The molecule has 0 N–H and O–H groups in total. The normalized spacial score (nSPS) is 10.8. The van der Waals surface area contributed by atoms with E-state index < -0.39 is 24.0 Å². The van der Waals surface area contributed by atoms with Crippen molar-refractivity contribution in [3.63, 3.8) is 0 Å². The van der Waals surface area contributed by atoms with Crippen LogP contribution in [-0.2, 0) is 9.53 Å². The van der Waals surface area contributed by atoms with Gasteiger partial charge in [-0.3, -0.25) is 9.59 Å². The number of ether oxygens (including phenoxy) is 1. The van der Waals surface area contributed by atoms with Crippen molar-refractivity contribution >= 4 is 33.5 Å². The number of hydrogen-bond acceptors (Lipinski definition) is 5. The second kappa shape index (κ2) is 5.44. The Labute approximate surface area is 125 Å². The Hall–Kier alpha value is -2.95. The van der Waals surface area contributed by atoms with Gasteiger partial charge >= 0.3 is 11.6 Å². The van der Waals surface area contributed by atoms with Gasteiger partial charge in [0, 0.05) is 12.3 Å². The number of carbonyl (C=O) groups excluding carboxylic acids is 2. The van der Waals surface area contributed by atoms with Gasteiger partial charge in [-0.15, -0.1) is 0 Å². The largest absolute Gasteiger partial charge is 0.457 e. The number of hydrogen-bond donors (Lipinski definition) is 0. The van der Waals surface area contributed by atoms with Crippen LogP contribution in [0.25, 0.3) is 21.7 Å². The van der Waals surface area contributed by atoms with Crippen LogP contribution in [-0.4, -0.2) is 18.4 Å². The van der Waals surface area contributed by atoms with Crippen molar-refractivity contribution in [2.45, 2.75) is 6.92 Å². The summed E-state index contributed by atoms with van der Waals surface area (Å²) in [6.45, 7) is 0.724. The minimum atomic E-state index is -0.736. The van der Waals surface area contributed by atoms with Crippen LogP contribution in [0.5, 0.6) is 0 Å². The molecule has 3 aromatic rings. The Morgan fingerprint density at radius 1 is 1.05 bits per heavy atom. The Morgan fingerprint density at radius 2 is 1.73 bits per heavy atom. The molecule has 5 nitrogen and oxygen atoms in total. The van der Waals surface area contributed by atoms with E-state index in [1.807, 2.05) is 30.3 Å². The summed E-state index contributed by atoms with van der Waals surface area (Å²) < 4.78 is 9.84. The van der Waals surface area contributed by atoms with Crippen molar-refractivity contribution in [1.29, 1.82) is 0 Å². The Kier molecular flexibility index (Phi) is 3.47. The third-order valence-corrected chi connectivity index (χ3v) is 3.31. The molecule has 1 heterocycles. The first-order valence-electron chi connectivity index (χ1n) is 6.68. The molecule has 0 bridgehead atoms. The standard InChI is InChI=1S/C17H12O5/c1-10(18)21-9-15(19)14-7-13-6-11-4-2-3-5-12(11)8-16(13)22-17(14)20/h2-8H,9H2,1H3. The van der Waals surface area contributed by atoms with Crippen molar-refractivity contribution < 1.29 is 18.7 Å². The van der Waals surface area contributed by atoms with E-state index in [2.05, 4.69) is 4.74 Å². The summed E-state index contributed by atoms with van der Waals surface area (Å²) in [6.07, 6.45) is 0. The highest BCUT2D eigenvalue weighted by atomic mass is 16.5. The minimum Gasteiger partial charge on any atom is -0.457 e. The lowest BCUT2D eigenvalue weighted by Gasteiger charge is -2.04. The van der Waals surface area contributed by atoms with Gasteiger partial charge in [0.2, 0.25) is 5.78 Å². The van der Waals surface area contributed by atoms with E-state index >= 15 is 0 Å². The summed E-state index contributed by atoms with van der Waals surface area (Å²) in [5.74, 6) is -1.16. The molecule has 5 heteroatoms. The average Bonchev–Trinajstić information content (AvgIpc) is 2.50. The molecule has 0 atom stereocenters. The number of rotatable bonds is 3. The molecule has 1 aromatic heterocycles. The van der Waals surface area contributed by atoms with Crippen LogP contribution in [0, 0.1) is 0 Å². The van der Waals surface area contributed by atoms with Gasteiger partial charge in [0.15, 0.2) is 6.61 Å². The van der Waals surface area contributed by atoms with Crippen LogP contribution in [0.4, 0.5) is 0 Å². The zero-order valence-corrected chi connectivity index (χ0v) is 11.8. The quantitative estimate of drug-likeness (QED) is 0.321. The second-order valence-corrected chi connectivity index (χ2v) is 4.89. The maximum atomic E-state index is 11.9. The zero-order chi connectivity index (χ0) is 15.7. The number of esters is 1. The van der Waals surface area contributed by atoms with E-state index in [-0.39, 0.29) is 5.56 Å². The SMILES string of the molecule is CC(=O)OCC(=O)c1cc2cc3ccccc3cc2oc1=O. The summed E-state index contributed by atoms with van der Waals surface area (Å²) in [4.78, 5) is 34.6. The lowest BCUT2D eigenvalue weighted by atomic mass is 10.1. The van der Waals surface area contributed by atoms with Gasteiger partial charge < -0.3 is 9.15 Å². The third kappa shape index (κ3) is 2.61. The predicted octanol–water partition coefficient (Wildman–Crippen LogP) is 2.69. The van der Waals surface area contributed by atoms with E-state index in [0.29, 0.717) is 11.0 Å². The highest BCUT2D eigenvalue weighted by molar-refractivity contribution is 6.02. The molecule has 0 unspecified atom stereocenters. The molecule has 0 amide bonds. The minimum absolute atomic E-state index is 0.121. The molecule has 3 rings (SSSR count). The van der Waals surface area contributed by atoms with Crippen LogP contribution in [0.2, 0.25) is 0 Å². The van der Waals surface area contributed by atoms with E-state index in [9.17, 15) is 14.4 Å². The number of fused-ring (bicyclic) bond motifs is 2. The fraction of sp³-hybridized carbons (Fsp3) is 0.118. The molecule has 2 aromatic carbocycles. The van der Waals surface area contributed by atoms with E-state index in [0.717, 1.165) is 10.8 Å². The summed E-state index contributed by atoms with van der Waals surface area (Å²) in [6, 6.07) is 12.7. The van der Waals surface area contributed by atoms with Crippen LogP contribution >= 0.6 is 0 Å². The molecule has 0 saturated heterocycles. The van der Waals surface area contributed by atoms with Crippen LogP contribution in [0.1, 0.15) is 17.3 Å². The van der Waals surface area contributed by atoms with E-state index in [1.54, 1.807) is 6.07 Å². The summed E-state index contributed by atoms with van der Waals surface area (Å²) >= 11 is 0. The van der Waals surface area contributed by atoms with Gasteiger partial charge in [0.05, 0.1) is 0 Å². The van der Waals surface area contributed by atoms with Gasteiger partial charge in [-0.05, 0) is 29.0 Å². The van der Waals surface area contributed by atoms with Crippen molar-refractivity contribution in [3.8, 4) is 0 Å². The maximum absolute atomic E-state index is 11.9. The number of benzene rings is 2. The average molecular weight is 296 g/mol. The van der Waals surface area contributed by atoms with Crippen LogP contribution in [0.3, 0.4) is 0 Å². The molecule has 0 saturated carbocycles. The monoisotopic (exact) mass is 296 g/mol. The Balaban J connectivity index is 2.10.